The van der Waals surface area contributed by atoms with Crippen molar-refractivity contribution in [2.45, 2.75) is 119 Å². The van der Waals surface area contributed by atoms with Crippen molar-refractivity contribution in [3.63, 3.8) is 0 Å². The number of nitrogens with zero attached hydrogens (tertiary/aromatic N) is 2. The molecule has 6 heteroatoms. The number of hydrogen-bond acceptors (Lipinski definition) is 6. The van der Waals surface area contributed by atoms with E-state index in [1.807, 2.05) is 13.8 Å². The third kappa shape index (κ3) is 8.70. The van der Waals surface area contributed by atoms with E-state index >= 15 is 0 Å². The molecule has 2 aliphatic carbocycles. The summed E-state index contributed by atoms with van der Waals surface area (Å²) in [4.78, 5) is 34.9. The fraction of sp³-hybridized carbons (Fsp3) is 0.733. The highest BCUT2D eigenvalue weighted by Crippen LogP contribution is 2.37. The van der Waals surface area contributed by atoms with Crippen LogP contribution in [0, 0.1) is 10.8 Å². The SMILES string of the molecule is CCC/C(O)=C1\C(=O)CC(C)(C)CC1=NCCCCCCN=C1CC(C)(C)CC(=O)/C1=C(/O)CCC. The predicted octanol–water partition coefficient (Wildman–Crippen LogP) is 7.43. The van der Waals surface area contributed by atoms with Gasteiger partial charge in [0.05, 0.1) is 11.1 Å². The summed E-state index contributed by atoms with van der Waals surface area (Å²) in [7, 11) is 0. The van der Waals surface area contributed by atoms with Crippen molar-refractivity contribution in [3.8, 4) is 0 Å². The number of aliphatic hydroxyl groups excluding tert-OH is 2. The maximum absolute atomic E-state index is 12.7. The van der Waals surface area contributed by atoms with Crippen molar-refractivity contribution >= 4 is 23.0 Å². The monoisotopic (exact) mass is 500 g/mol. The molecule has 2 aliphatic rings. The van der Waals surface area contributed by atoms with Gasteiger partial charge in [0.2, 0.25) is 0 Å². The quantitative estimate of drug-likeness (QED) is 0.175. The van der Waals surface area contributed by atoms with E-state index in [9.17, 15) is 19.8 Å². The topological polar surface area (TPSA) is 99.3 Å². The van der Waals surface area contributed by atoms with Crippen molar-refractivity contribution < 1.29 is 19.8 Å². The number of hydrogen-bond donors (Lipinski definition) is 2. The molecule has 0 aromatic carbocycles. The maximum Gasteiger partial charge on any atom is 0.168 e. The minimum atomic E-state index is -0.126. The molecule has 0 aromatic heterocycles. The first-order valence-electron chi connectivity index (χ1n) is 13.9. The number of Topliss-reactive ketones (excluding diaryl/α,β-unsaturated/α-hetero) is 2. The van der Waals surface area contributed by atoms with E-state index in [4.69, 9.17) is 9.98 Å². The zero-order chi connectivity index (χ0) is 26.9. The molecule has 0 saturated heterocycles. The van der Waals surface area contributed by atoms with Gasteiger partial charge in [0.1, 0.15) is 11.5 Å². The molecular formula is C30H48N2O4. The molecule has 2 saturated carbocycles. The van der Waals surface area contributed by atoms with E-state index in [1.54, 1.807) is 0 Å². The second-order valence-corrected chi connectivity index (χ2v) is 12.1. The van der Waals surface area contributed by atoms with Crippen molar-refractivity contribution in [1.29, 1.82) is 0 Å². The molecule has 2 rings (SSSR count). The summed E-state index contributed by atoms with van der Waals surface area (Å²) in [6.45, 7) is 13.6. The lowest BCUT2D eigenvalue weighted by molar-refractivity contribution is -0.118. The highest BCUT2D eigenvalue weighted by Gasteiger charge is 2.37. The average molecular weight is 501 g/mol. The number of rotatable bonds is 11. The first-order chi connectivity index (χ1) is 16.9. The normalized spacial score (nSPS) is 24.9. The highest BCUT2D eigenvalue weighted by molar-refractivity contribution is 6.25. The molecule has 0 radical (unpaired) electrons. The number of ketones is 2. The summed E-state index contributed by atoms with van der Waals surface area (Å²) >= 11 is 0. The van der Waals surface area contributed by atoms with E-state index in [0.29, 0.717) is 49.9 Å². The van der Waals surface area contributed by atoms with Gasteiger partial charge in [-0.15, -0.1) is 0 Å². The van der Waals surface area contributed by atoms with E-state index in [2.05, 4.69) is 27.7 Å². The van der Waals surface area contributed by atoms with Gasteiger partial charge >= 0.3 is 0 Å². The smallest absolute Gasteiger partial charge is 0.168 e. The Balaban J connectivity index is 1.92. The van der Waals surface area contributed by atoms with Gasteiger partial charge in [-0.2, -0.15) is 0 Å². The van der Waals surface area contributed by atoms with Crippen LogP contribution < -0.4 is 0 Å². The minimum Gasteiger partial charge on any atom is -0.511 e. The second-order valence-electron chi connectivity index (χ2n) is 12.1. The van der Waals surface area contributed by atoms with Gasteiger partial charge in [0.25, 0.3) is 0 Å². The Labute approximate surface area is 218 Å². The molecule has 0 bridgehead atoms. The Morgan fingerprint density at radius 2 is 1.03 bits per heavy atom. The zero-order valence-electron chi connectivity index (χ0n) is 23.5. The fourth-order valence-corrected chi connectivity index (χ4v) is 5.23. The van der Waals surface area contributed by atoms with Crippen LogP contribution in [0.2, 0.25) is 0 Å². The molecular weight excluding hydrogens is 452 g/mol. The van der Waals surface area contributed by atoms with Crippen LogP contribution in [0.15, 0.2) is 32.6 Å². The number of aliphatic imine (C=N–C) groups is 2. The minimum absolute atomic E-state index is 0.0119. The predicted molar refractivity (Wildman–Crippen MR) is 148 cm³/mol. The van der Waals surface area contributed by atoms with Gasteiger partial charge in [-0.3, -0.25) is 19.6 Å². The molecule has 0 aliphatic heterocycles. The molecule has 0 spiro atoms. The Hall–Kier alpha value is -2.24. The number of carbonyl (C=O) groups excluding carboxylic acids is 2. The highest BCUT2D eigenvalue weighted by atomic mass is 16.3. The summed E-state index contributed by atoms with van der Waals surface area (Å²) in [5.41, 5.74) is 2.21. The first kappa shape index (κ1) is 30.0. The Morgan fingerprint density at radius 1 is 0.667 bits per heavy atom. The van der Waals surface area contributed by atoms with Gasteiger partial charge in [-0.05, 0) is 49.4 Å². The molecule has 0 atom stereocenters. The van der Waals surface area contributed by atoms with Crippen LogP contribution in [0.1, 0.15) is 119 Å². The maximum atomic E-state index is 12.7. The number of unbranched alkanes of at least 4 members (excludes halogenated alkanes) is 3. The van der Waals surface area contributed by atoms with Gasteiger partial charge < -0.3 is 10.2 Å². The number of carbonyl (C=O) groups is 2. The summed E-state index contributed by atoms with van der Waals surface area (Å²) in [5.74, 6) is 0.410. The van der Waals surface area contributed by atoms with Crippen LogP contribution in [-0.2, 0) is 9.59 Å². The zero-order valence-corrected chi connectivity index (χ0v) is 23.5. The number of allylic oxidation sites excluding steroid dienone is 4. The molecule has 6 nitrogen and oxygen atoms in total. The average Bonchev–Trinajstić information content (AvgIpc) is 2.73. The lowest BCUT2D eigenvalue weighted by Gasteiger charge is -2.31. The van der Waals surface area contributed by atoms with Crippen LogP contribution in [0.3, 0.4) is 0 Å². The van der Waals surface area contributed by atoms with Crippen LogP contribution in [0.25, 0.3) is 0 Å². The Kier molecular flexibility index (Phi) is 11.1. The first-order valence-corrected chi connectivity index (χ1v) is 13.9. The van der Waals surface area contributed by atoms with Gasteiger partial charge in [0.15, 0.2) is 11.6 Å². The summed E-state index contributed by atoms with van der Waals surface area (Å²) in [5, 5.41) is 20.9. The second kappa shape index (κ2) is 13.3. The molecule has 36 heavy (non-hydrogen) atoms. The van der Waals surface area contributed by atoms with E-state index in [1.165, 1.54) is 0 Å². The van der Waals surface area contributed by atoms with Crippen molar-refractivity contribution in [2.75, 3.05) is 13.1 Å². The Bertz CT molecular complexity index is 859. The standard InChI is InChI=1S/C30H48N2O4/c1-7-13-23(33)27-21(17-29(3,4)19-25(27)35)31-15-11-9-10-12-16-32-22-18-30(5,6)20-26(36)28(22)24(34)14-8-2/h33-34H,7-20H2,1-6H3/b27-23+,28-24+,31-21?,32-22?. The van der Waals surface area contributed by atoms with Gasteiger partial charge in [-0.1, -0.05) is 54.4 Å². The summed E-state index contributed by atoms with van der Waals surface area (Å²) < 4.78 is 0. The molecule has 2 fully saturated rings. The summed E-state index contributed by atoms with van der Waals surface area (Å²) in [6, 6.07) is 0. The van der Waals surface area contributed by atoms with Crippen LogP contribution >= 0.6 is 0 Å². The largest absolute Gasteiger partial charge is 0.511 e. The molecule has 0 unspecified atom stereocenters. The molecule has 0 aromatic rings. The van der Waals surface area contributed by atoms with Crippen LogP contribution in [-0.4, -0.2) is 46.3 Å². The van der Waals surface area contributed by atoms with E-state index < -0.39 is 0 Å². The fourth-order valence-electron chi connectivity index (χ4n) is 5.23. The Morgan fingerprint density at radius 3 is 1.36 bits per heavy atom. The van der Waals surface area contributed by atoms with E-state index in [0.717, 1.165) is 62.8 Å². The van der Waals surface area contributed by atoms with Crippen molar-refractivity contribution in [3.05, 3.63) is 22.7 Å². The van der Waals surface area contributed by atoms with Crippen molar-refractivity contribution in [2.24, 2.45) is 20.8 Å². The van der Waals surface area contributed by atoms with Gasteiger partial charge in [0, 0.05) is 50.2 Å². The number of aliphatic hydroxyl groups is 2. The third-order valence-electron chi connectivity index (χ3n) is 6.93. The summed E-state index contributed by atoms with van der Waals surface area (Å²) in [6.07, 6.45) is 8.81. The molecule has 202 valence electrons. The molecule has 0 heterocycles. The molecule has 2 N–H and O–H groups in total. The van der Waals surface area contributed by atoms with Crippen molar-refractivity contribution in [1.82, 2.24) is 0 Å². The van der Waals surface area contributed by atoms with Gasteiger partial charge in [-0.25, -0.2) is 0 Å². The lowest BCUT2D eigenvalue weighted by atomic mass is 9.73. The third-order valence-corrected chi connectivity index (χ3v) is 6.93. The molecule has 0 amide bonds. The lowest BCUT2D eigenvalue weighted by Crippen LogP contribution is -2.33. The van der Waals surface area contributed by atoms with E-state index in [-0.39, 0.29) is 33.9 Å². The van der Waals surface area contributed by atoms with Crippen LogP contribution in [0.5, 0.6) is 0 Å². The van der Waals surface area contributed by atoms with Crippen LogP contribution in [0.4, 0.5) is 0 Å².